The highest BCUT2D eigenvalue weighted by molar-refractivity contribution is 5.75. The maximum atomic E-state index is 11.7. The lowest BCUT2D eigenvalue weighted by Crippen LogP contribution is -2.28. The molecule has 1 aliphatic carbocycles. The van der Waals surface area contributed by atoms with Gasteiger partial charge in [0, 0.05) is 0 Å². The molecule has 0 radical (unpaired) electrons. The average Bonchev–Trinajstić information content (AvgIpc) is 2.50. The zero-order chi connectivity index (χ0) is 16.6. The van der Waals surface area contributed by atoms with E-state index in [0.29, 0.717) is 19.4 Å². The number of carbonyl (C=O) groups is 2. The first kappa shape index (κ1) is 18.9. The smallest absolute Gasteiger partial charge is 0.311 e. The van der Waals surface area contributed by atoms with Crippen molar-refractivity contribution in [2.75, 3.05) is 20.0 Å². The van der Waals surface area contributed by atoms with Crippen molar-refractivity contribution < 1.29 is 28.9 Å². The third-order valence-corrected chi connectivity index (χ3v) is 4.31. The molecule has 0 aliphatic heterocycles. The predicted octanol–water partition coefficient (Wildman–Crippen LogP) is 2.60. The Labute approximate surface area is 132 Å². The van der Waals surface area contributed by atoms with E-state index in [-0.39, 0.29) is 31.4 Å². The highest BCUT2D eigenvalue weighted by atomic mass is 16.7. The minimum Gasteiger partial charge on any atom is -0.481 e. The fourth-order valence-corrected chi connectivity index (χ4v) is 2.21. The van der Waals surface area contributed by atoms with Crippen molar-refractivity contribution in [1.82, 2.24) is 0 Å². The van der Waals surface area contributed by atoms with Gasteiger partial charge < -0.3 is 19.3 Å². The van der Waals surface area contributed by atoms with Crippen LogP contribution in [0, 0.1) is 11.3 Å². The van der Waals surface area contributed by atoms with Crippen LogP contribution in [0.1, 0.15) is 52.9 Å². The second kappa shape index (κ2) is 9.10. The van der Waals surface area contributed by atoms with Crippen LogP contribution in [-0.2, 0) is 23.8 Å². The largest absolute Gasteiger partial charge is 0.481 e. The molecule has 6 nitrogen and oxygen atoms in total. The zero-order valence-electron chi connectivity index (χ0n) is 13.8. The fraction of sp³-hybridized carbons (Fsp3) is 0.875. The average molecular weight is 316 g/mol. The number of esters is 1. The van der Waals surface area contributed by atoms with Gasteiger partial charge in [-0.15, -0.1) is 0 Å². The van der Waals surface area contributed by atoms with Gasteiger partial charge >= 0.3 is 11.9 Å². The summed E-state index contributed by atoms with van der Waals surface area (Å²) in [7, 11) is 0. The summed E-state index contributed by atoms with van der Waals surface area (Å²) in [4.78, 5) is 22.5. The van der Waals surface area contributed by atoms with E-state index in [1.807, 2.05) is 20.8 Å². The van der Waals surface area contributed by atoms with Gasteiger partial charge in [0.2, 0.25) is 0 Å². The third-order valence-electron chi connectivity index (χ3n) is 4.31. The molecule has 0 atom stereocenters. The number of carboxylic acids is 1. The summed E-state index contributed by atoms with van der Waals surface area (Å²) in [5.41, 5.74) is -0.459. The number of hydrogen-bond acceptors (Lipinski definition) is 5. The summed E-state index contributed by atoms with van der Waals surface area (Å²) in [5, 5.41) is 8.91. The normalized spacial score (nSPS) is 22.3. The molecule has 1 N–H and O–H groups in total. The number of ether oxygens (including phenoxy) is 3. The molecule has 0 spiro atoms. The predicted molar refractivity (Wildman–Crippen MR) is 80.3 cm³/mol. The molecule has 0 aromatic rings. The Morgan fingerprint density at radius 2 is 1.77 bits per heavy atom. The topological polar surface area (TPSA) is 82.1 Å². The van der Waals surface area contributed by atoms with Gasteiger partial charge in [-0.3, -0.25) is 9.59 Å². The summed E-state index contributed by atoms with van der Waals surface area (Å²) in [6, 6.07) is 0. The molecule has 22 heavy (non-hydrogen) atoms. The molecular weight excluding hydrogens is 288 g/mol. The van der Waals surface area contributed by atoms with Crippen LogP contribution in [0.4, 0.5) is 0 Å². The van der Waals surface area contributed by atoms with Gasteiger partial charge in [0.25, 0.3) is 0 Å². The molecule has 1 rings (SSSR count). The number of hydrogen-bond donors (Lipinski definition) is 1. The van der Waals surface area contributed by atoms with E-state index in [1.54, 1.807) is 0 Å². The van der Waals surface area contributed by atoms with Crippen molar-refractivity contribution in [2.45, 2.75) is 59.0 Å². The monoisotopic (exact) mass is 316 g/mol. The first-order chi connectivity index (χ1) is 10.4. The molecule has 0 heterocycles. The molecule has 0 unspecified atom stereocenters. The lowest BCUT2D eigenvalue weighted by molar-refractivity contribution is -0.159. The highest BCUT2D eigenvalue weighted by Crippen LogP contribution is 2.26. The van der Waals surface area contributed by atoms with Gasteiger partial charge in [-0.25, -0.2) is 0 Å². The summed E-state index contributed by atoms with van der Waals surface area (Å²) < 4.78 is 16.0. The van der Waals surface area contributed by atoms with Crippen LogP contribution in [-0.4, -0.2) is 43.2 Å². The summed E-state index contributed by atoms with van der Waals surface area (Å²) in [6.45, 7) is 6.33. The SMILES string of the molecule is CCC(C)(C)C(=O)OCCOCOC1CCC(C(=O)O)CC1. The van der Waals surface area contributed by atoms with Crippen LogP contribution in [0.5, 0.6) is 0 Å². The number of aliphatic carboxylic acids is 1. The van der Waals surface area contributed by atoms with Crippen LogP contribution in [0.2, 0.25) is 0 Å². The molecule has 1 saturated carbocycles. The molecule has 1 fully saturated rings. The van der Waals surface area contributed by atoms with Crippen LogP contribution < -0.4 is 0 Å². The van der Waals surface area contributed by atoms with E-state index in [0.717, 1.165) is 19.3 Å². The molecule has 0 amide bonds. The van der Waals surface area contributed by atoms with Gasteiger partial charge in [0.15, 0.2) is 0 Å². The van der Waals surface area contributed by atoms with Crippen LogP contribution in [0.15, 0.2) is 0 Å². The maximum Gasteiger partial charge on any atom is 0.311 e. The highest BCUT2D eigenvalue weighted by Gasteiger charge is 2.27. The minimum atomic E-state index is -0.716. The van der Waals surface area contributed by atoms with Gasteiger partial charge in [-0.05, 0) is 46.0 Å². The Morgan fingerprint density at radius 1 is 1.14 bits per heavy atom. The standard InChI is InChI=1S/C16H28O6/c1-4-16(2,3)15(19)21-10-9-20-11-22-13-7-5-12(6-8-13)14(17)18/h12-13H,4-11H2,1-3H3,(H,17,18). The molecule has 0 saturated heterocycles. The van der Waals surface area contributed by atoms with Gasteiger partial charge in [-0.1, -0.05) is 6.92 Å². The van der Waals surface area contributed by atoms with Crippen molar-refractivity contribution in [3.8, 4) is 0 Å². The Bertz CT molecular complexity index is 358. The molecule has 0 aromatic heterocycles. The molecule has 0 aromatic carbocycles. The second-order valence-corrected chi connectivity index (χ2v) is 6.38. The van der Waals surface area contributed by atoms with E-state index in [2.05, 4.69) is 0 Å². The zero-order valence-corrected chi connectivity index (χ0v) is 13.8. The molecule has 128 valence electrons. The molecular formula is C16H28O6. The van der Waals surface area contributed by atoms with E-state index in [9.17, 15) is 9.59 Å². The Kier molecular flexibility index (Phi) is 7.82. The van der Waals surface area contributed by atoms with Crippen molar-refractivity contribution in [1.29, 1.82) is 0 Å². The van der Waals surface area contributed by atoms with E-state index < -0.39 is 11.4 Å². The fourth-order valence-electron chi connectivity index (χ4n) is 2.21. The Hall–Kier alpha value is -1.14. The van der Waals surface area contributed by atoms with E-state index in [1.165, 1.54) is 0 Å². The van der Waals surface area contributed by atoms with Crippen molar-refractivity contribution in [3.63, 3.8) is 0 Å². The van der Waals surface area contributed by atoms with Crippen molar-refractivity contribution >= 4 is 11.9 Å². The van der Waals surface area contributed by atoms with Crippen molar-refractivity contribution in [2.24, 2.45) is 11.3 Å². The van der Waals surface area contributed by atoms with Gasteiger partial charge in [0.1, 0.15) is 13.4 Å². The van der Waals surface area contributed by atoms with E-state index in [4.69, 9.17) is 19.3 Å². The van der Waals surface area contributed by atoms with E-state index >= 15 is 0 Å². The summed E-state index contributed by atoms with van der Waals surface area (Å²) in [6.07, 6.45) is 3.61. The van der Waals surface area contributed by atoms with Gasteiger partial charge in [-0.2, -0.15) is 0 Å². The van der Waals surface area contributed by atoms with Crippen LogP contribution in [0.25, 0.3) is 0 Å². The lowest BCUT2D eigenvalue weighted by Gasteiger charge is -2.26. The molecule has 0 bridgehead atoms. The summed E-state index contributed by atoms with van der Waals surface area (Å²) in [5.74, 6) is -1.17. The lowest BCUT2D eigenvalue weighted by atomic mass is 9.87. The van der Waals surface area contributed by atoms with Gasteiger partial charge in [0.05, 0.1) is 24.0 Å². The Morgan fingerprint density at radius 3 is 2.32 bits per heavy atom. The number of rotatable bonds is 9. The van der Waals surface area contributed by atoms with Crippen LogP contribution in [0.3, 0.4) is 0 Å². The number of carboxylic acid groups (broad SMARTS) is 1. The first-order valence-corrected chi connectivity index (χ1v) is 7.96. The molecule has 6 heteroatoms. The number of carbonyl (C=O) groups excluding carboxylic acids is 1. The Balaban J connectivity index is 2.03. The maximum absolute atomic E-state index is 11.7. The quantitative estimate of drug-likeness (QED) is 0.400. The van der Waals surface area contributed by atoms with Crippen molar-refractivity contribution in [3.05, 3.63) is 0 Å². The molecule has 1 aliphatic rings. The first-order valence-electron chi connectivity index (χ1n) is 7.96. The second-order valence-electron chi connectivity index (χ2n) is 6.38. The summed E-state index contributed by atoms with van der Waals surface area (Å²) >= 11 is 0. The minimum absolute atomic E-state index is 0.0668. The van der Waals surface area contributed by atoms with Crippen LogP contribution >= 0.6 is 0 Å². The third kappa shape index (κ3) is 6.32.